The van der Waals surface area contributed by atoms with E-state index in [2.05, 4.69) is 5.92 Å². The molecule has 0 amide bonds. The van der Waals surface area contributed by atoms with E-state index in [0.29, 0.717) is 6.54 Å². The predicted molar refractivity (Wildman–Crippen MR) is 105 cm³/mol. The second-order valence-corrected chi connectivity index (χ2v) is 8.09. The molecule has 0 unspecified atom stereocenters. The maximum absolute atomic E-state index is 10.9. The number of quaternary nitrogens is 1. The molecule has 0 spiro atoms. The molecule has 1 heterocycles. The summed E-state index contributed by atoms with van der Waals surface area (Å²) in [5, 5.41) is 21.5. The first-order chi connectivity index (χ1) is 12.8. The first-order valence-electron chi connectivity index (χ1n) is 9.63. The Morgan fingerprint density at radius 1 is 1.26 bits per heavy atom. The summed E-state index contributed by atoms with van der Waals surface area (Å²) in [7, 11) is 0. The molecule has 0 saturated carbocycles. The number of nitro benzene ring substituents is 1. The van der Waals surface area contributed by atoms with Gasteiger partial charge >= 0.3 is 0 Å². The van der Waals surface area contributed by atoms with Crippen molar-refractivity contribution in [2.75, 3.05) is 26.2 Å². The summed E-state index contributed by atoms with van der Waals surface area (Å²) in [6.45, 7) is 7.17. The largest absolute Gasteiger partial charge is 0.385 e. The van der Waals surface area contributed by atoms with E-state index >= 15 is 0 Å². The van der Waals surface area contributed by atoms with Crippen molar-refractivity contribution < 1.29 is 19.2 Å². The van der Waals surface area contributed by atoms with E-state index in [1.807, 2.05) is 26.0 Å². The van der Waals surface area contributed by atoms with Crippen LogP contribution in [0.3, 0.4) is 0 Å². The van der Waals surface area contributed by atoms with Crippen LogP contribution < -0.4 is 0 Å². The summed E-state index contributed by atoms with van der Waals surface area (Å²) in [4.78, 5) is 10.5. The van der Waals surface area contributed by atoms with Crippen LogP contribution in [0.5, 0.6) is 0 Å². The van der Waals surface area contributed by atoms with E-state index in [1.54, 1.807) is 12.1 Å². The lowest BCUT2D eigenvalue weighted by Gasteiger charge is -2.39. The molecule has 1 fully saturated rings. The lowest BCUT2D eigenvalue weighted by molar-refractivity contribution is -0.943. The number of aliphatic hydroxyl groups is 1. The van der Waals surface area contributed by atoms with Crippen LogP contribution in [0.2, 0.25) is 0 Å². The summed E-state index contributed by atoms with van der Waals surface area (Å²) in [5.74, 6) is 2.58. The normalized spacial score (nSPS) is 18.3. The molecule has 148 valence electrons. The molecular weight excluding hydrogens is 344 g/mol. The number of likely N-dealkylation sites (tertiary alicyclic amines) is 1. The fourth-order valence-corrected chi connectivity index (χ4v) is 3.72. The van der Waals surface area contributed by atoms with Crippen LogP contribution in [0.25, 0.3) is 0 Å². The zero-order chi connectivity index (χ0) is 19.9. The van der Waals surface area contributed by atoms with E-state index in [-0.39, 0.29) is 17.2 Å². The Morgan fingerprint density at radius 2 is 1.85 bits per heavy atom. The number of rotatable bonds is 8. The van der Waals surface area contributed by atoms with Gasteiger partial charge in [-0.05, 0) is 51.7 Å². The predicted octanol–water partition coefficient (Wildman–Crippen LogP) is 3.27. The van der Waals surface area contributed by atoms with Crippen LogP contribution in [0, 0.1) is 22.5 Å². The number of nitrogens with zero attached hydrogens (tertiary/aromatic N) is 2. The Bertz CT molecular complexity index is 656. The van der Waals surface area contributed by atoms with Gasteiger partial charge in [-0.1, -0.05) is 5.92 Å². The van der Waals surface area contributed by atoms with Crippen molar-refractivity contribution in [3.05, 3.63) is 39.9 Å². The van der Waals surface area contributed by atoms with Crippen LogP contribution in [0.1, 0.15) is 45.1 Å². The molecule has 0 aliphatic carbocycles. The second-order valence-electron chi connectivity index (χ2n) is 8.09. The molecule has 6 heteroatoms. The molecule has 1 N–H and O–H groups in total. The molecule has 6 nitrogen and oxygen atoms in total. The molecule has 1 aliphatic rings. The third-order valence-corrected chi connectivity index (χ3v) is 5.26. The van der Waals surface area contributed by atoms with Gasteiger partial charge in [-0.25, -0.2) is 0 Å². The minimum Gasteiger partial charge on any atom is -0.385 e. The van der Waals surface area contributed by atoms with Gasteiger partial charge in [-0.15, -0.1) is 6.42 Å². The Kier molecular flexibility index (Phi) is 7.37. The van der Waals surface area contributed by atoms with Gasteiger partial charge in [0, 0.05) is 17.7 Å². The summed E-state index contributed by atoms with van der Waals surface area (Å²) >= 11 is 0. The number of benzene rings is 1. The molecule has 0 radical (unpaired) electrons. The number of ether oxygens (including phenoxy) is 1. The van der Waals surface area contributed by atoms with Crippen molar-refractivity contribution in [3.63, 3.8) is 0 Å². The van der Waals surface area contributed by atoms with Gasteiger partial charge in [-0.2, -0.15) is 0 Å². The van der Waals surface area contributed by atoms with E-state index in [4.69, 9.17) is 11.2 Å². The first kappa shape index (κ1) is 21.4. The molecule has 1 saturated heterocycles. The minimum atomic E-state index is -0.692. The van der Waals surface area contributed by atoms with Crippen LogP contribution in [0.4, 0.5) is 5.69 Å². The van der Waals surface area contributed by atoms with E-state index < -0.39 is 11.7 Å². The highest BCUT2D eigenvalue weighted by atomic mass is 16.6. The van der Waals surface area contributed by atoms with Crippen molar-refractivity contribution in [1.29, 1.82) is 0 Å². The standard InChI is InChI=1S/C21H31N2O4/c1-4-21(2,3)27-17-20(24)16-23(13-7-5-6-8-14-23)15-18-9-11-19(12-10-18)22(25)26/h1,9-12,20,24H,5-8,13-17H2,2-3H3/q+1/t20-/m1/s1. The molecule has 27 heavy (non-hydrogen) atoms. The van der Waals surface area contributed by atoms with Crippen LogP contribution >= 0.6 is 0 Å². The molecule has 1 aromatic carbocycles. The van der Waals surface area contributed by atoms with Crippen molar-refractivity contribution in [1.82, 2.24) is 0 Å². The molecule has 0 bridgehead atoms. The molecule has 1 atom stereocenters. The van der Waals surface area contributed by atoms with Gasteiger partial charge in [0.1, 0.15) is 24.8 Å². The van der Waals surface area contributed by atoms with Gasteiger partial charge in [-0.3, -0.25) is 10.1 Å². The van der Waals surface area contributed by atoms with Crippen LogP contribution in [-0.2, 0) is 11.3 Å². The zero-order valence-electron chi connectivity index (χ0n) is 16.4. The van der Waals surface area contributed by atoms with Gasteiger partial charge < -0.3 is 14.3 Å². The summed E-state index contributed by atoms with van der Waals surface area (Å²) in [5.41, 5.74) is 0.467. The number of terminal acetylenes is 1. The molecule has 1 aliphatic heterocycles. The third kappa shape index (κ3) is 6.62. The fraction of sp³-hybridized carbons (Fsp3) is 0.619. The zero-order valence-corrected chi connectivity index (χ0v) is 16.4. The van der Waals surface area contributed by atoms with Crippen LogP contribution in [-0.4, -0.2) is 52.5 Å². The molecule has 2 rings (SSSR count). The minimum absolute atomic E-state index is 0.103. The second kappa shape index (κ2) is 9.32. The maximum Gasteiger partial charge on any atom is 0.269 e. The Morgan fingerprint density at radius 3 is 2.37 bits per heavy atom. The smallest absolute Gasteiger partial charge is 0.269 e. The Hall–Kier alpha value is -1.94. The van der Waals surface area contributed by atoms with Crippen molar-refractivity contribution in [2.45, 2.75) is 57.8 Å². The molecular formula is C21H31N2O4+. The van der Waals surface area contributed by atoms with Gasteiger partial charge in [0.2, 0.25) is 0 Å². The van der Waals surface area contributed by atoms with Gasteiger partial charge in [0.15, 0.2) is 0 Å². The van der Waals surface area contributed by atoms with Crippen molar-refractivity contribution in [2.24, 2.45) is 0 Å². The Labute approximate surface area is 161 Å². The SMILES string of the molecule is C#CC(C)(C)OC[C@H](O)C[N+]1(Cc2ccc([N+](=O)[O-])cc2)CCCCCC1. The topological polar surface area (TPSA) is 72.6 Å². The lowest BCUT2D eigenvalue weighted by Crippen LogP contribution is -2.53. The monoisotopic (exact) mass is 375 g/mol. The maximum atomic E-state index is 10.9. The van der Waals surface area contributed by atoms with E-state index in [1.165, 1.54) is 12.8 Å². The molecule has 1 aromatic rings. The number of non-ortho nitro benzene ring substituents is 1. The third-order valence-electron chi connectivity index (χ3n) is 5.26. The number of aliphatic hydroxyl groups excluding tert-OH is 1. The lowest BCUT2D eigenvalue weighted by atomic mass is 10.1. The Balaban J connectivity index is 2.09. The highest BCUT2D eigenvalue weighted by molar-refractivity contribution is 5.32. The highest BCUT2D eigenvalue weighted by Gasteiger charge is 2.32. The summed E-state index contributed by atoms with van der Waals surface area (Å²) < 4.78 is 6.46. The van der Waals surface area contributed by atoms with Crippen molar-refractivity contribution in [3.8, 4) is 12.3 Å². The number of hydrogen-bond acceptors (Lipinski definition) is 4. The average Bonchev–Trinajstić information content (AvgIpc) is 2.86. The average molecular weight is 375 g/mol. The number of nitro groups is 1. The summed E-state index contributed by atoms with van der Waals surface area (Å²) in [6.07, 6.45) is 9.50. The first-order valence-corrected chi connectivity index (χ1v) is 9.63. The van der Waals surface area contributed by atoms with Crippen LogP contribution in [0.15, 0.2) is 24.3 Å². The van der Waals surface area contributed by atoms with E-state index in [9.17, 15) is 15.2 Å². The fourth-order valence-electron chi connectivity index (χ4n) is 3.72. The van der Waals surface area contributed by atoms with Gasteiger partial charge in [0.25, 0.3) is 5.69 Å². The van der Waals surface area contributed by atoms with Crippen molar-refractivity contribution >= 4 is 5.69 Å². The number of hydrogen-bond donors (Lipinski definition) is 1. The van der Waals surface area contributed by atoms with E-state index in [0.717, 1.165) is 42.5 Å². The highest BCUT2D eigenvalue weighted by Crippen LogP contribution is 2.24. The quantitative estimate of drug-likeness (QED) is 0.328. The molecule has 0 aromatic heterocycles. The van der Waals surface area contributed by atoms with Gasteiger partial charge in [0.05, 0.1) is 24.6 Å². The summed E-state index contributed by atoms with van der Waals surface area (Å²) in [6, 6.07) is 6.76.